The summed E-state index contributed by atoms with van der Waals surface area (Å²) in [5, 5.41) is 8.23. The van der Waals surface area contributed by atoms with Gasteiger partial charge in [0.2, 0.25) is 0 Å². The summed E-state index contributed by atoms with van der Waals surface area (Å²) >= 11 is 0. The van der Waals surface area contributed by atoms with Gasteiger partial charge in [-0.1, -0.05) is 12.1 Å². The average molecular weight is 336 g/mol. The highest BCUT2D eigenvalue weighted by Crippen LogP contribution is 2.25. The third-order valence-electron chi connectivity index (χ3n) is 4.71. The van der Waals surface area contributed by atoms with E-state index in [1.807, 2.05) is 18.2 Å². The molecular formula is C18H20N6O. The van der Waals surface area contributed by atoms with E-state index in [0.29, 0.717) is 5.69 Å². The second kappa shape index (κ2) is 6.51. The average Bonchev–Trinajstić information content (AvgIpc) is 3.08. The minimum atomic E-state index is -0.0639. The summed E-state index contributed by atoms with van der Waals surface area (Å²) < 4.78 is 1.59. The van der Waals surface area contributed by atoms with Crippen LogP contribution in [0.3, 0.4) is 0 Å². The highest BCUT2D eigenvalue weighted by atomic mass is 16.2. The molecule has 2 aromatic heterocycles. The van der Waals surface area contributed by atoms with Crippen LogP contribution in [0, 0.1) is 0 Å². The Morgan fingerprint density at radius 3 is 2.72 bits per heavy atom. The first-order chi connectivity index (χ1) is 12.2. The summed E-state index contributed by atoms with van der Waals surface area (Å²) in [5.74, 6) is 0.910. The summed E-state index contributed by atoms with van der Waals surface area (Å²) in [6.45, 7) is 1.72. The molecule has 0 saturated carbocycles. The van der Waals surface area contributed by atoms with Gasteiger partial charge in [0.05, 0.1) is 5.52 Å². The molecule has 0 aliphatic carbocycles. The van der Waals surface area contributed by atoms with E-state index in [0.717, 1.165) is 42.7 Å². The van der Waals surface area contributed by atoms with Crippen molar-refractivity contribution in [2.75, 3.05) is 18.0 Å². The third-order valence-corrected chi connectivity index (χ3v) is 4.71. The molecule has 1 saturated heterocycles. The first-order valence-corrected chi connectivity index (χ1v) is 8.46. The largest absolute Gasteiger partial charge is 0.356 e. The van der Waals surface area contributed by atoms with Gasteiger partial charge in [-0.05, 0) is 31.0 Å². The molecule has 1 amide bonds. The molecule has 1 aliphatic heterocycles. The number of para-hydroxylation sites is 1. The molecule has 25 heavy (non-hydrogen) atoms. The number of aryl methyl sites for hydroxylation is 1. The van der Waals surface area contributed by atoms with E-state index in [-0.39, 0.29) is 11.9 Å². The van der Waals surface area contributed by atoms with Crippen LogP contribution in [0.1, 0.15) is 23.3 Å². The second-order valence-corrected chi connectivity index (χ2v) is 6.29. The van der Waals surface area contributed by atoms with Crippen molar-refractivity contribution < 1.29 is 4.79 Å². The Balaban J connectivity index is 1.43. The van der Waals surface area contributed by atoms with Gasteiger partial charge in [-0.3, -0.25) is 9.48 Å². The Morgan fingerprint density at radius 1 is 1.16 bits per heavy atom. The minimum absolute atomic E-state index is 0.0639. The maximum absolute atomic E-state index is 12.3. The van der Waals surface area contributed by atoms with Gasteiger partial charge in [-0.25, -0.2) is 9.97 Å². The molecule has 3 aromatic rings. The Hall–Kier alpha value is -2.96. The Kier molecular flexibility index (Phi) is 4.05. The number of carbonyl (C=O) groups excluding carboxylic acids is 1. The molecule has 4 rings (SSSR count). The van der Waals surface area contributed by atoms with Gasteiger partial charge in [0.1, 0.15) is 17.8 Å². The number of hydrogen-bond donors (Lipinski definition) is 1. The molecule has 1 aliphatic rings. The molecule has 0 atom stereocenters. The highest BCUT2D eigenvalue weighted by Gasteiger charge is 2.23. The zero-order valence-electron chi connectivity index (χ0n) is 14.1. The molecule has 0 radical (unpaired) electrons. The third kappa shape index (κ3) is 3.05. The topological polar surface area (TPSA) is 75.9 Å². The van der Waals surface area contributed by atoms with Crippen molar-refractivity contribution in [1.82, 2.24) is 25.1 Å². The summed E-state index contributed by atoms with van der Waals surface area (Å²) in [6.07, 6.45) is 5.04. The van der Waals surface area contributed by atoms with Crippen molar-refractivity contribution in [1.29, 1.82) is 0 Å². The number of fused-ring (bicyclic) bond motifs is 1. The number of carbonyl (C=O) groups is 1. The summed E-state index contributed by atoms with van der Waals surface area (Å²) in [5.41, 5.74) is 1.54. The fraction of sp³-hybridized carbons (Fsp3) is 0.333. The van der Waals surface area contributed by atoms with Crippen LogP contribution in [0.2, 0.25) is 0 Å². The van der Waals surface area contributed by atoms with Crippen molar-refractivity contribution in [2.24, 2.45) is 7.05 Å². The second-order valence-electron chi connectivity index (χ2n) is 6.29. The maximum Gasteiger partial charge on any atom is 0.269 e. The predicted molar refractivity (Wildman–Crippen MR) is 95.4 cm³/mol. The van der Waals surface area contributed by atoms with Crippen molar-refractivity contribution in [3.63, 3.8) is 0 Å². The molecule has 0 bridgehead atoms. The van der Waals surface area contributed by atoms with Crippen LogP contribution in [-0.2, 0) is 7.05 Å². The molecule has 1 fully saturated rings. The number of amides is 1. The molecule has 128 valence electrons. The number of benzene rings is 1. The fourth-order valence-corrected chi connectivity index (χ4v) is 3.33. The lowest BCUT2D eigenvalue weighted by molar-refractivity contribution is 0.0921. The minimum Gasteiger partial charge on any atom is -0.356 e. The van der Waals surface area contributed by atoms with Crippen LogP contribution >= 0.6 is 0 Å². The standard InChI is InChI=1S/C18H20N6O/c1-23-16(6-9-21-23)18(25)22-13-7-10-24(11-8-13)17-14-4-2-3-5-15(14)19-12-20-17/h2-6,9,12-13H,7-8,10-11H2,1H3,(H,22,25). The Bertz CT molecular complexity index is 892. The van der Waals surface area contributed by atoms with Gasteiger partial charge in [0, 0.05) is 37.8 Å². The lowest BCUT2D eigenvalue weighted by Gasteiger charge is -2.33. The van der Waals surface area contributed by atoms with Gasteiger partial charge in [0.15, 0.2) is 0 Å². The number of piperidine rings is 1. The van der Waals surface area contributed by atoms with Crippen LogP contribution < -0.4 is 10.2 Å². The SMILES string of the molecule is Cn1nccc1C(=O)NC1CCN(c2ncnc3ccccc23)CC1. The maximum atomic E-state index is 12.3. The summed E-state index contributed by atoms with van der Waals surface area (Å²) in [6, 6.07) is 9.96. The summed E-state index contributed by atoms with van der Waals surface area (Å²) in [7, 11) is 1.78. The van der Waals surface area contributed by atoms with E-state index in [9.17, 15) is 4.79 Å². The van der Waals surface area contributed by atoms with Crippen molar-refractivity contribution in [2.45, 2.75) is 18.9 Å². The van der Waals surface area contributed by atoms with E-state index in [1.165, 1.54) is 0 Å². The van der Waals surface area contributed by atoms with E-state index < -0.39 is 0 Å². The van der Waals surface area contributed by atoms with Crippen LogP contribution in [0.4, 0.5) is 5.82 Å². The number of aromatic nitrogens is 4. The van der Waals surface area contributed by atoms with Crippen molar-refractivity contribution in [3.8, 4) is 0 Å². The van der Waals surface area contributed by atoms with Crippen LogP contribution in [0.5, 0.6) is 0 Å². The number of nitrogens with zero attached hydrogens (tertiary/aromatic N) is 5. The molecule has 3 heterocycles. The van der Waals surface area contributed by atoms with Gasteiger partial charge >= 0.3 is 0 Å². The van der Waals surface area contributed by atoms with Crippen molar-refractivity contribution in [3.05, 3.63) is 48.5 Å². The Morgan fingerprint density at radius 2 is 1.96 bits per heavy atom. The van der Waals surface area contributed by atoms with E-state index in [1.54, 1.807) is 30.3 Å². The molecule has 7 nitrogen and oxygen atoms in total. The lowest BCUT2D eigenvalue weighted by Crippen LogP contribution is -2.45. The quantitative estimate of drug-likeness (QED) is 0.789. The fourth-order valence-electron chi connectivity index (χ4n) is 3.33. The van der Waals surface area contributed by atoms with Crippen LogP contribution in [-0.4, -0.2) is 44.8 Å². The molecule has 0 spiro atoms. The molecule has 1 aromatic carbocycles. The van der Waals surface area contributed by atoms with Crippen LogP contribution in [0.25, 0.3) is 10.9 Å². The van der Waals surface area contributed by atoms with Gasteiger partial charge < -0.3 is 10.2 Å². The highest BCUT2D eigenvalue weighted by molar-refractivity contribution is 5.92. The zero-order chi connectivity index (χ0) is 17.2. The number of rotatable bonds is 3. The van der Waals surface area contributed by atoms with E-state index >= 15 is 0 Å². The first-order valence-electron chi connectivity index (χ1n) is 8.46. The molecular weight excluding hydrogens is 316 g/mol. The lowest BCUT2D eigenvalue weighted by atomic mass is 10.0. The smallest absolute Gasteiger partial charge is 0.269 e. The monoisotopic (exact) mass is 336 g/mol. The summed E-state index contributed by atoms with van der Waals surface area (Å²) in [4.78, 5) is 23.4. The normalized spacial score (nSPS) is 15.5. The number of anilines is 1. The van der Waals surface area contributed by atoms with E-state index in [2.05, 4.69) is 31.3 Å². The van der Waals surface area contributed by atoms with Crippen molar-refractivity contribution >= 4 is 22.6 Å². The number of hydrogen-bond acceptors (Lipinski definition) is 5. The first kappa shape index (κ1) is 15.6. The van der Waals surface area contributed by atoms with Crippen LogP contribution in [0.15, 0.2) is 42.9 Å². The van der Waals surface area contributed by atoms with E-state index in [4.69, 9.17) is 0 Å². The molecule has 0 unspecified atom stereocenters. The zero-order valence-corrected chi connectivity index (χ0v) is 14.1. The Labute approximate surface area is 145 Å². The predicted octanol–water partition coefficient (Wildman–Crippen LogP) is 1.76. The molecule has 1 N–H and O–H groups in total. The van der Waals surface area contributed by atoms with Gasteiger partial charge in [-0.15, -0.1) is 0 Å². The number of nitrogens with one attached hydrogen (secondary N) is 1. The molecule has 7 heteroatoms. The van der Waals surface area contributed by atoms with Gasteiger partial charge in [0.25, 0.3) is 5.91 Å². The van der Waals surface area contributed by atoms with Gasteiger partial charge in [-0.2, -0.15) is 5.10 Å².